The molecule has 52 valence electrons. The monoisotopic (exact) mass is 212 g/mol. The van der Waals surface area contributed by atoms with Crippen LogP contribution in [-0.2, 0) is 0 Å². The molecule has 0 radical (unpaired) electrons. The molecule has 0 unspecified atom stereocenters. The van der Waals surface area contributed by atoms with Crippen LogP contribution in [0.1, 0.15) is 4.28 Å². The van der Waals surface area contributed by atoms with E-state index in [0.717, 1.165) is 0 Å². The van der Waals surface area contributed by atoms with Crippen LogP contribution in [0, 0.1) is 0 Å². The average molecular weight is 213 g/mol. The zero-order chi connectivity index (χ0) is 3.58. The van der Waals surface area contributed by atoms with E-state index < -0.39 is 6.16 Å². The second-order valence-electron chi connectivity index (χ2n) is 0.283. The van der Waals surface area contributed by atoms with Crippen molar-refractivity contribution in [1.82, 2.24) is 0 Å². The van der Waals surface area contributed by atoms with Crippen LogP contribution in [0.5, 0.6) is 0 Å². The van der Waals surface area contributed by atoms with Crippen molar-refractivity contribution < 1.29 is 54.3 Å². The molecular weight excluding hydrogens is 202 g/mol. The molecule has 0 heterocycles. The van der Waals surface area contributed by atoms with E-state index in [1.54, 1.807) is 0 Å². The van der Waals surface area contributed by atoms with Gasteiger partial charge in [0.2, 0.25) is 0 Å². The molecule has 0 saturated heterocycles. The zero-order valence-corrected chi connectivity index (χ0v) is 9.44. The Kier molecular flexibility index (Phi) is 150. The number of hydrogen-bond acceptors (Lipinski definition) is 1. The van der Waals surface area contributed by atoms with Crippen LogP contribution in [0.3, 0.4) is 0 Å². The standard InChI is InChI=1S/CH2O3.Al.Ca.ClH.Na.H2O.6H/c2-1(3)4;;;;;;;;;;;/h(H2,2,3,4);;;1H;;1H2;;;;;;/q;;+2;;+1;;;;;3*-1. The Morgan fingerprint density at radius 1 is 1.33 bits per heavy atom. The molecule has 0 spiro atoms. The Morgan fingerprint density at radius 2 is 1.33 bits per heavy atom. The van der Waals surface area contributed by atoms with E-state index in [9.17, 15) is 0 Å². The van der Waals surface area contributed by atoms with E-state index in [1.165, 1.54) is 0 Å². The van der Waals surface area contributed by atoms with Gasteiger partial charge in [-0.2, -0.15) is 0 Å². The van der Waals surface area contributed by atoms with Crippen LogP contribution in [-0.4, -0.2) is 76.9 Å². The largest absolute Gasteiger partial charge is 2.00 e. The van der Waals surface area contributed by atoms with Crippen molar-refractivity contribution in [2.75, 3.05) is 0 Å². The van der Waals surface area contributed by atoms with Gasteiger partial charge in [0.25, 0.3) is 0 Å². The number of halogens is 1. The van der Waals surface area contributed by atoms with Crippen LogP contribution in [0.15, 0.2) is 0 Å². The molecule has 4 N–H and O–H groups in total. The first-order valence-electron chi connectivity index (χ1n) is 0.651. The minimum absolute atomic E-state index is 0. The van der Waals surface area contributed by atoms with Crippen molar-refractivity contribution in [3.05, 3.63) is 0 Å². The van der Waals surface area contributed by atoms with Crippen LogP contribution >= 0.6 is 12.4 Å². The van der Waals surface area contributed by atoms with Gasteiger partial charge in [0.1, 0.15) is 0 Å². The fourth-order valence-corrected chi connectivity index (χ4v) is 0. The maximum absolute atomic E-state index is 8.56. The quantitative estimate of drug-likeness (QED) is 0.398. The Morgan fingerprint density at radius 3 is 1.33 bits per heavy atom. The van der Waals surface area contributed by atoms with Crippen LogP contribution < -0.4 is 29.6 Å². The molecule has 0 amide bonds. The summed E-state index contributed by atoms with van der Waals surface area (Å²) in [6.07, 6.45) is -1.83. The van der Waals surface area contributed by atoms with E-state index in [-0.39, 0.29) is 107 Å². The van der Waals surface area contributed by atoms with E-state index >= 15 is 0 Å². The van der Waals surface area contributed by atoms with Gasteiger partial charge in [-0.25, -0.2) is 4.79 Å². The summed E-state index contributed by atoms with van der Waals surface area (Å²) in [6, 6.07) is 0. The number of carbonyl (C=O) groups is 1. The topological polar surface area (TPSA) is 89.0 Å². The third-order valence-electron chi connectivity index (χ3n) is 0. The average Bonchev–Trinajstić information content (AvgIpc) is 0.811. The minimum atomic E-state index is -1.83. The number of carboxylic acid groups (broad SMARTS) is 2. The molecule has 0 fully saturated rings. The summed E-state index contributed by atoms with van der Waals surface area (Å²) >= 11 is 0. The Bertz CT molecular complexity index is 53.3. The van der Waals surface area contributed by atoms with Gasteiger partial charge in [0.05, 0.1) is 0 Å². The van der Waals surface area contributed by atoms with Crippen LogP contribution in [0.25, 0.3) is 0 Å². The molecule has 0 aromatic carbocycles. The molecule has 9 heavy (non-hydrogen) atoms. The van der Waals surface area contributed by atoms with Crippen LogP contribution in [0.2, 0.25) is 0 Å². The fraction of sp³-hybridized carbons (Fsp3) is 0. The number of rotatable bonds is 0. The van der Waals surface area contributed by atoms with Crippen molar-refractivity contribution in [2.45, 2.75) is 0 Å². The summed E-state index contributed by atoms with van der Waals surface area (Å²) in [5.74, 6) is 0. The van der Waals surface area contributed by atoms with Gasteiger partial charge in [-0.1, -0.05) is 0 Å². The number of hydrogen-bond donors (Lipinski definition) is 2. The summed E-state index contributed by atoms with van der Waals surface area (Å²) in [5, 5.41) is 13.9. The van der Waals surface area contributed by atoms with Gasteiger partial charge < -0.3 is 20.0 Å². The second kappa shape index (κ2) is 31.7. The van der Waals surface area contributed by atoms with Gasteiger partial charge in [0.15, 0.2) is 17.4 Å². The predicted molar refractivity (Wildman–Crippen MR) is 40.5 cm³/mol. The van der Waals surface area contributed by atoms with Gasteiger partial charge >= 0.3 is 73.5 Å². The van der Waals surface area contributed by atoms with Crippen molar-refractivity contribution in [3.63, 3.8) is 0 Å². The molecule has 4 nitrogen and oxygen atoms in total. The van der Waals surface area contributed by atoms with E-state index in [1.807, 2.05) is 0 Å². The molecular formula is CH11AlCaClNaO4. The smallest absolute Gasteiger partial charge is 1.00 e. The molecule has 0 aliphatic heterocycles. The van der Waals surface area contributed by atoms with Gasteiger partial charge in [-0.05, 0) is 0 Å². The second-order valence-corrected chi connectivity index (χ2v) is 0.283. The maximum Gasteiger partial charge on any atom is 2.00 e. The van der Waals surface area contributed by atoms with E-state index in [2.05, 4.69) is 0 Å². The molecule has 0 aromatic heterocycles. The molecule has 8 heteroatoms. The summed E-state index contributed by atoms with van der Waals surface area (Å²) in [5.41, 5.74) is 0. The summed E-state index contributed by atoms with van der Waals surface area (Å²) in [7, 11) is 0. The van der Waals surface area contributed by atoms with Crippen LogP contribution in [0.4, 0.5) is 4.79 Å². The van der Waals surface area contributed by atoms with Gasteiger partial charge in [-0.15, -0.1) is 12.4 Å². The van der Waals surface area contributed by atoms with Crippen molar-refractivity contribution in [2.24, 2.45) is 0 Å². The van der Waals surface area contributed by atoms with Crippen molar-refractivity contribution in [3.8, 4) is 0 Å². The Balaban J connectivity index is -0.00000000161. The van der Waals surface area contributed by atoms with Gasteiger partial charge in [0, 0.05) is 0 Å². The third-order valence-corrected chi connectivity index (χ3v) is 0. The van der Waals surface area contributed by atoms with Crippen molar-refractivity contribution >= 4 is 73.7 Å². The van der Waals surface area contributed by atoms with E-state index in [4.69, 9.17) is 15.0 Å². The minimum Gasteiger partial charge on any atom is -1.00 e. The zero-order valence-electron chi connectivity index (χ0n) is 7.42. The third kappa shape index (κ3) is 133. The summed E-state index contributed by atoms with van der Waals surface area (Å²) in [6.45, 7) is 0. The molecule has 0 atom stereocenters. The van der Waals surface area contributed by atoms with Crippen molar-refractivity contribution in [1.29, 1.82) is 0 Å². The van der Waals surface area contributed by atoms with Gasteiger partial charge in [-0.3, -0.25) is 0 Å². The fourth-order valence-electron chi connectivity index (χ4n) is 0. The molecule has 0 aromatic rings. The summed E-state index contributed by atoms with van der Waals surface area (Å²) < 4.78 is 0. The predicted octanol–water partition coefficient (Wildman–Crippen LogP) is -4.40. The Hall–Kier alpha value is 2.31. The molecule has 0 aliphatic carbocycles. The summed E-state index contributed by atoms with van der Waals surface area (Å²) in [4.78, 5) is 8.56. The Labute approximate surface area is 126 Å². The first kappa shape index (κ1) is 42.6. The molecule has 0 aliphatic rings. The van der Waals surface area contributed by atoms with E-state index in [0.29, 0.717) is 0 Å². The SMILES string of the molecule is Cl.O.O=C(O)O.[AlH3].[Ca+2].[H-].[H-].[H-].[Na+]. The maximum atomic E-state index is 8.56. The molecule has 0 saturated carbocycles. The first-order valence-corrected chi connectivity index (χ1v) is 0.651. The normalized spacial score (nSPS) is 2.67. The first-order chi connectivity index (χ1) is 1.73. The molecule has 0 rings (SSSR count). The molecule has 0 bridgehead atoms.